The van der Waals surface area contributed by atoms with Gasteiger partial charge in [0.05, 0.1) is 0 Å². The number of ether oxygens (including phenoxy) is 1. The molecule has 21 heavy (non-hydrogen) atoms. The van der Waals surface area contributed by atoms with E-state index in [1.54, 1.807) is 0 Å². The minimum absolute atomic E-state index is 0.412. The molecule has 0 aliphatic carbocycles. The second kappa shape index (κ2) is 11.2. The summed E-state index contributed by atoms with van der Waals surface area (Å²) in [6, 6.07) is 0. The Morgan fingerprint density at radius 3 is 2.38 bits per heavy atom. The third kappa shape index (κ3) is 15.8. The molecule has 0 aromatic rings. The smallest absolute Gasteiger partial charge is 0.350 e. The van der Waals surface area contributed by atoms with Crippen LogP contribution in [-0.2, 0) is 9.30 Å². The van der Waals surface area contributed by atoms with Crippen LogP contribution in [0.15, 0.2) is 23.3 Å². The summed E-state index contributed by atoms with van der Waals surface area (Å²) in [4.78, 5) is 17.3. The molecule has 4 nitrogen and oxygen atoms in total. The van der Waals surface area contributed by atoms with Crippen LogP contribution in [0, 0.1) is 5.92 Å². The summed E-state index contributed by atoms with van der Waals surface area (Å²) < 4.78 is 15.6. The first kappa shape index (κ1) is 20.6. The molecular weight excluding hydrogens is 287 g/mol. The molecule has 0 aliphatic heterocycles. The van der Waals surface area contributed by atoms with Crippen molar-refractivity contribution in [2.75, 3.05) is 13.0 Å². The number of rotatable bonds is 11. The molecule has 0 heterocycles. The minimum Gasteiger partial charge on any atom is -0.369 e. The van der Waals surface area contributed by atoms with E-state index >= 15 is 0 Å². The molecule has 0 bridgehead atoms. The van der Waals surface area contributed by atoms with Gasteiger partial charge in [-0.2, -0.15) is 0 Å². The summed E-state index contributed by atoms with van der Waals surface area (Å²) in [6.45, 7) is 8.97. The van der Waals surface area contributed by atoms with E-state index in [1.807, 2.05) is 0 Å². The van der Waals surface area contributed by atoms with Crippen molar-refractivity contribution in [3.05, 3.63) is 23.3 Å². The van der Waals surface area contributed by atoms with E-state index in [9.17, 15) is 4.57 Å². The summed E-state index contributed by atoms with van der Waals surface area (Å²) in [6.07, 6.45) is 9.29. The van der Waals surface area contributed by atoms with Gasteiger partial charge in [-0.3, -0.25) is 4.57 Å². The SMILES string of the molecule is CC(C)=CCC/C(C)=C/CCC(C)CCOCP(=O)(O)O. The van der Waals surface area contributed by atoms with Gasteiger partial charge in [0.1, 0.15) is 6.35 Å². The van der Waals surface area contributed by atoms with Crippen LogP contribution in [0.3, 0.4) is 0 Å². The lowest BCUT2D eigenvalue weighted by Gasteiger charge is -2.11. The van der Waals surface area contributed by atoms with Gasteiger partial charge in [-0.25, -0.2) is 0 Å². The molecular formula is C16H31O4P. The van der Waals surface area contributed by atoms with Gasteiger partial charge in [0.25, 0.3) is 0 Å². The lowest BCUT2D eigenvalue weighted by Crippen LogP contribution is -2.03. The molecule has 0 radical (unpaired) electrons. The molecule has 0 rings (SSSR count). The van der Waals surface area contributed by atoms with Gasteiger partial charge in [-0.05, 0) is 58.8 Å². The Morgan fingerprint density at radius 1 is 1.14 bits per heavy atom. The molecule has 5 heteroatoms. The Kier molecular flexibility index (Phi) is 11.0. The van der Waals surface area contributed by atoms with Gasteiger partial charge in [0, 0.05) is 6.61 Å². The number of hydrogen-bond donors (Lipinski definition) is 2. The highest BCUT2D eigenvalue weighted by Crippen LogP contribution is 2.33. The molecule has 0 amide bonds. The van der Waals surface area contributed by atoms with Gasteiger partial charge < -0.3 is 14.5 Å². The van der Waals surface area contributed by atoms with Crippen LogP contribution in [-0.4, -0.2) is 22.7 Å². The van der Waals surface area contributed by atoms with Crippen LogP contribution in [0.1, 0.15) is 59.8 Å². The van der Waals surface area contributed by atoms with Crippen LogP contribution >= 0.6 is 7.60 Å². The first-order valence-electron chi connectivity index (χ1n) is 7.62. The highest BCUT2D eigenvalue weighted by Gasteiger charge is 2.12. The van der Waals surface area contributed by atoms with Crippen LogP contribution in [0.4, 0.5) is 0 Å². The lowest BCUT2D eigenvalue weighted by atomic mass is 10.0. The number of allylic oxidation sites excluding steroid dienone is 4. The van der Waals surface area contributed by atoms with E-state index in [0.29, 0.717) is 12.5 Å². The van der Waals surface area contributed by atoms with E-state index in [4.69, 9.17) is 14.5 Å². The summed E-state index contributed by atoms with van der Waals surface area (Å²) >= 11 is 0. The highest BCUT2D eigenvalue weighted by atomic mass is 31.2. The predicted molar refractivity (Wildman–Crippen MR) is 88.3 cm³/mol. The van der Waals surface area contributed by atoms with Crippen LogP contribution in [0.25, 0.3) is 0 Å². The van der Waals surface area contributed by atoms with Crippen molar-refractivity contribution in [1.29, 1.82) is 0 Å². The van der Waals surface area contributed by atoms with E-state index in [-0.39, 0.29) is 0 Å². The Hall–Kier alpha value is -0.410. The fourth-order valence-electron chi connectivity index (χ4n) is 1.92. The quantitative estimate of drug-likeness (QED) is 0.331. The second-order valence-electron chi connectivity index (χ2n) is 6.04. The maximum atomic E-state index is 10.6. The maximum absolute atomic E-state index is 10.6. The zero-order valence-electron chi connectivity index (χ0n) is 13.8. The number of hydrogen-bond acceptors (Lipinski definition) is 2. The second-order valence-corrected chi connectivity index (χ2v) is 7.63. The third-order valence-electron chi connectivity index (χ3n) is 3.26. The van der Waals surface area contributed by atoms with E-state index in [0.717, 1.165) is 32.1 Å². The van der Waals surface area contributed by atoms with Gasteiger partial charge in [0.2, 0.25) is 0 Å². The Morgan fingerprint density at radius 2 is 1.81 bits per heavy atom. The van der Waals surface area contributed by atoms with Crippen LogP contribution < -0.4 is 0 Å². The van der Waals surface area contributed by atoms with Gasteiger partial charge in [-0.1, -0.05) is 30.2 Å². The summed E-state index contributed by atoms with van der Waals surface area (Å²) in [5.41, 5.74) is 2.80. The first-order valence-corrected chi connectivity index (χ1v) is 9.42. The Bertz CT molecular complexity index is 378. The molecule has 1 unspecified atom stereocenters. The highest BCUT2D eigenvalue weighted by molar-refractivity contribution is 7.51. The zero-order chi connectivity index (χ0) is 16.3. The van der Waals surface area contributed by atoms with Crippen molar-refractivity contribution in [2.24, 2.45) is 5.92 Å². The van der Waals surface area contributed by atoms with Gasteiger partial charge in [0.15, 0.2) is 0 Å². The van der Waals surface area contributed by atoms with E-state index in [1.165, 1.54) is 11.1 Å². The molecule has 1 atom stereocenters. The molecule has 0 saturated carbocycles. The standard InChI is InChI=1S/C16H31O4P/c1-14(2)7-5-8-15(3)9-6-10-16(4)11-12-20-13-21(17,18)19/h7,9,16H,5-6,8,10-13H2,1-4H3,(H2,17,18,19)/b15-9+. The minimum atomic E-state index is -4.01. The summed E-state index contributed by atoms with van der Waals surface area (Å²) in [5.74, 6) is 0.503. The van der Waals surface area contributed by atoms with Crippen LogP contribution in [0.5, 0.6) is 0 Å². The van der Waals surface area contributed by atoms with Gasteiger partial charge in [-0.15, -0.1) is 0 Å². The average molecular weight is 318 g/mol. The van der Waals surface area contributed by atoms with Crippen LogP contribution in [0.2, 0.25) is 0 Å². The third-order valence-corrected chi connectivity index (χ3v) is 3.78. The molecule has 0 saturated heterocycles. The predicted octanol–water partition coefficient (Wildman–Crippen LogP) is 4.64. The van der Waals surface area contributed by atoms with Crippen molar-refractivity contribution in [2.45, 2.75) is 59.8 Å². The molecule has 124 valence electrons. The summed E-state index contributed by atoms with van der Waals surface area (Å²) in [7, 11) is -4.01. The average Bonchev–Trinajstić information content (AvgIpc) is 2.33. The Balaban J connectivity index is 3.70. The van der Waals surface area contributed by atoms with E-state index < -0.39 is 13.9 Å². The first-order chi connectivity index (χ1) is 9.70. The normalized spacial score (nSPS) is 14.1. The van der Waals surface area contributed by atoms with Gasteiger partial charge >= 0.3 is 7.60 Å². The van der Waals surface area contributed by atoms with Crippen molar-refractivity contribution >= 4 is 7.60 Å². The van der Waals surface area contributed by atoms with Crippen molar-refractivity contribution in [1.82, 2.24) is 0 Å². The maximum Gasteiger partial charge on any atom is 0.350 e. The molecule has 0 fully saturated rings. The molecule has 2 N–H and O–H groups in total. The Labute approximate surface area is 129 Å². The largest absolute Gasteiger partial charge is 0.369 e. The van der Waals surface area contributed by atoms with E-state index in [2.05, 4.69) is 39.8 Å². The monoisotopic (exact) mass is 318 g/mol. The topological polar surface area (TPSA) is 66.8 Å². The molecule has 0 aromatic heterocycles. The van der Waals surface area contributed by atoms with Crippen molar-refractivity contribution in [3.63, 3.8) is 0 Å². The molecule has 0 spiro atoms. The summed E-state index contributed by atoms with van der Waals surface area (Å²) in [5, 5.41) is 0. The zero-order valence-corrected chi connectivity index (χ0v) is 14.7. The van der Waals surface area contributed by atoms with Crippen molar-refractivity contribution in [3.8, 4) is 0 Å². The fourth-order valence-corrected chi connectivity index (χ4v) is 2.28. The fraction of sp³-hybridized carbons (Fsp3) is 0.750. The molecule has 0 aromatic carbocycles. The molecule has 0 aliphatic rings. The van der Waals surface area contributed by atoms with Crippen molar-refractivity contribution < 1.29 is 19.1 Å². The lowest BCUT2D eigenvalue weighted by molar-refractivity contribution is 0.143.